The molecule has 6 heteroatoms. The standard InChI is InChI=1S/C16H8Br2N2OS/c17-11-6-9(7-12(18)15(11)21)5-10(8-19)16-20-13-3-1-2-4-14(13)22-16/h1-7,21H/b10-5-. The molecule has 0 spiro atoms. The van der Waals surface area contributed by atoms with Crippen molar-refractivity contribution in [2.45, 2.75) is 0 Å². The number of hydrogen-bond acceptors (Lipinski definition) is 4. The maximum Gasteiger partial charge on any atom is 0.143 e. The van der Waals surface area contributed by atoms with E-state index < -0.39 is 0 Å². The van der Waals surface area contributed by atoms with Crippen molar-refractivity contribution in [3.8, 4) is 11.8 Å². The van der Waals surface area contributed by atoms with Crippen LogP contribution >= 0.6 is 43.2 Å². The molecular weight excluding hydrogens is 428 g/mol. The van der Waals surface area contributed by atoms with E-state index in [1.54, 1.807) is 18.2 Å². The molecule has 0 aliphatic rings. The Bertz CT molecular complexity index is 885. The summed E-state index contributed by atoms with van der Waals surface area (Å²) in [6, 6.07) is 13.5. The van der Waals surface area contributed by atoms with Crippen LogP contribution in [0.3, 0.4) is 0 Å². The van der Waals surface area contributed by atoms with Crippen LogP contribution in [0.4, 0.5) is 0 Å². The van der Waals surface area contributed by atoms with E-state index in [1.807, 2.05) is 24.3 Å². The number of aromatic nitrogens is 1. The number of hydrogen-bond donors (Lipinski definition) is 1. The molecule has 0 amide bonds. The Labute approximate surface area is 147 Å². The van der Waals surface area contributed by atoms with Gasteiger partial charge in [0.25, 0.3) is 0 Å². The molecule has 0 aliphatic heterocycles. The summed E-state index contributed by atoms with van der Waals surface area (Å²) < 4.78 is 2.18. The number of halogens is 2. The number of nitriles is 1. The van der Waals surface area contributed by atoms with Crippen LogP contribution < -0.4 is 0 Å². The van der Waals surface area contributed by atoms with Crippen molar-refractivity contribution in [3.63, 3.8) is 0 Å². The lowest BCUT2D eigenvalue weighted by Crippen LogP contribution is -1.82. The first-order valence-electron chi connectivity index (χ1n) is 6.24. The predicted octanol–water partition coefficient (Wildman–Crippen LogP) is 5.59. The summed E-state index contributed by atoms with van der Waals surface area (Å²) in [6.45, 7) is 0. The van der Waals surface area contributed by atoms with Crippen LogP contribution in [0.1, 0.15) is 10.6 Å². The molecule has 2 aromatic carbocycles. The molecule has 0 bridgehead atoms. The summed E-state index contributed by atoms with van der Waals surface area (Å²) >= 11 is 8.06. The largest absolute Gasteiger partial charge is 0.506 e. The van der Waals surface area contributed by atoms with Gasteiger partial charge in [-0.25, -0.2) is 4.98 Å². The van der Waals surface area contributed by atoms with Crippen LogP contribution in [0, 0.1) is 11.3 Å². The normalized spacial score (nSPS) is 11.6. The molecule has 0 radical (unpaired) electrons. The highest BCUT2D eigenvalue weighted by Crippen LogP contribution is 2.35. The van der Waals surface area contributed by atoms with Gasteiger partial charge in [-0.2, -0.15) is 5.26 Å². The number of aromatic hydroxyl groups is 1. The highest BCUT2D eigenvalue weighted by molar-refractivity contribution is 9.11. The summed E-state index contributed by atoms with van der Waals surface area (Å²) in [7, 11) is 0. The van der Waals surface area contributed by atoms with Crippen LogP contribution in [0.25, 0.3) is 21.9 Å². The van der Waals surface area contributed by atoms with Crippen molar-refractivity contribution in [1.82, 2.24) is 4.98 Å². The second-order valence-electron chi connectivity index (χ2n) is 4.49. The van der Waals surface area contributed by atoms with Crippen molar-refractivity contribution >= 4 is 65.1 Å². The minimum atomic E-state index is 0.135. The van der Waals surface area contributed by atoms with Gasteiger partial charge >= 0.3 is 0 Å². The number of para-hydroxylation sites is 1. The Morgan fingerprint density at radius 1 is 1.23 bits per heavy atom. The van der Waals surface area contributed by atoms with E-state index >= 15 is 0 Å². The zero-order chi connectivity index (χ0) is 15.7. The number of phenolic OH excluding ortho intramolecular Hbond substituents is 1. The van der Waals surface area contributed by atoms with Gasteiger partial charge in [-0.1, -0.05) is 12.1 Å². The van der Waals surface area contributed by atoms with E-state index in [0.29, 0.717) is 19.5 Å². The topological polar surface area (TPSA) is 56.9 Å². The third-order valence-corrected chi connectivity index (χ3v) is 5.27. The maximum absolute atomic E-state index is 9.74. The van der Waals surface area contributed by atoms with Crippen LogP contribution in [0.2, 0.25) is 0 Å². The second kappa shape index (κ2) is 6.21. The molecule has 1 N–H and O–H groups in total. The highest BCUT2D eigenvalue weighted by atomic mass is 79.9. The van der Waals surface area contributed by atoms with Crippen LogP contribution in [0.15, 0.2) is 45.3 Å². The first kappa shape index (κ1) is 15.2. The molecule has 0 aliphatic carbocycles. The van der Waals surface area contributed by atoms with Gasteiger partial charge in [-0.05, 0) is 67.8 Å². The average Bonchev–Trinajstić information content (AvgIpc) is 2.93. The average molecular weight is 436 g/mol. The molecule has 0 unspecified atom stereocenters. The Balaban J connectivity index is 2.09. The molecule has 22 heavy (non-hydrogen) atoms. The molecule has 3 rings (SSSR count). The summed E-state index contributed by atoms with van der Waals surface area (Å²) in [4.78, 5) is 4.50. The predicted molar refractivity (Wildman–Crippen MR) is 96.6 cm³/mol. The third kappa shape index (κ3) is 2.93. The molecule has 3 aromatic rings. The van der Waals surface area contributed by atoms with E-state index in [0.717, 1.165) is 15.8 Å². The lowest BCUT2D eigenvalue weighted by atomic mass is 10.1. The molecular formula is C16H8Br2N2OS. The number of thiazole rings is 1. The third-order valence-electron chi connectivity index (χ3n) is 2.99. The molecule has 108 valence electrons. The number of nitrogens with zero attached hydrogens (tertiary/aromatic N) is 2. The number of benzene rings is 2. The van der Waals surface area contributed by atoms with Crippen LogP contribution in [0.5, 0.6) is 5.75 Å². The Hall–Kier alpha value is -1.68. The fraction of sp³-hybridized carbons (Fsp3) is 0. The lowest BCUT2D eigenvalue weighted by Gasteiger charge is -2.02. The quantitative estimate of drug-likeness (QED) is 0.533. The molecule has 1 heterocycles. The van der Waals surface area contributed by atoms with E-state index in [2.05, 4.69) is 42.9 Å². The minimum Gasteiger partial charge on any atom is -0.506 e. The zero-order valence-electron chi connectivity index (χ0n) is 11.0. The fourth-order valence-electron chi connectivity index (χ4n) is 1.96. The fourth-order valence-corrected chi connectivity index (χ4v) is 4.12. The van der Waals surface area contributed by atoms with Gasteiger partial charge < -0.3 is 5.11 Å². The first-order valence-corrected chi connectivity index (χ1v) is 8.64. The van der Waals surface area contributed by atoms with Crippen molar-refractivity contribution in [1.29, 1.82) is 5.26 Å². The second-order valence-corrected chi connectivity index (χ2v) is 7.23. The molecule has 0 atom stereocenters. The zero-order valence-corrected chi connectivity index (χ0v) is 15.0. The van der Waals surface area contributed by atoms with E-state index in [4.69, 9.17) is 0 Å². The molecule has 0 saturated carbocycles. The number of phenols is 1. The van der Waals surface area contributed by atoms with Crippen LogP contribution in [-0.4, -0.2) is 10.1 Å². The molecule has 3 nitrogen and oxygen atoms in total. The number of rotatable bonds is 2. The Morgan fingerprint density at radius 3 is 2.55 bits per heavy atom. The molecule has 1 aromatic heterocycles. The van der Waals surface area contributed by atoms with Gasteiger partial charge in [0.2, 0.25) is 0 Å². The van der Waals surface area contributed by atoms with Gasteiger partial charge in [0.05, 0.1) is 24.7 Å². The minimum absolute atomic E-state index is 0.135. The van der Waals surface area contributed by atoms with Crippen molar-refractivity contribution in [2.75, 3.05) is 0 Å². The van der Waals surface area contributed by atoms with E-state index in [1.165, 1.54) is 11.3 Å². The van der Waals surface area contributed by atoms with Crippen LogP contribution in [-0.2, 0) is 0 Å². The van der Waals surface area contributed by atoms with Crippen molar-refractivity contribution < 1.29 is 5.11 Å². The van der Waals surface area contributed by atoms with E-state index in [-0.39, 0.29) is 5.75 Å². The molecule has 0 fully saturated rings. The maximum atomic E-state index is 9.74. The highest BCUT2D eigenvalue weighted by Gasteiger charge is 2.10. The number of fused-ring (bicyclic) bond motifs is 1. The summed E-state index contributed by atoms with van der Waals surface area (Å²) in [6.07, 6.45) is 1.76. The summed E-state index contributed by atoms with van der Waals surface area (Å²) in [5.74, 6) is 0.135. The van der Waals surface area contributed by atoms with Gasteiger partial charge in [0.1, 0.15) is 16.8 Å². The van der Waals surface area contributed by atoms with Gasteiger partial charge in [-0.3, -0.25) is 0 Å². The Kier molecular flexibility index (Phi) is 4.30. The Morgan fingerprint density at radius 2 is 1.91 bits per heavy atom. The lowest BCUT2D eigenvalue weighted by molar-refractivity contribution is 0.468. The van der Waals surface area contributed by atoms with E-state index in [9.17, 15) is 10.4 Å². The SMILES string of the molecule is N#C/C(=C/c1cc(Br)c(O)c(Br)c1)c1nc2ccccc2s1. The monoisotopic (exact) mass is 434 g/mol. The van der Waals surface area contributed by atoms with Gasteiger partial charge in [-0.15, -0.1) is 11.3 Å². The van der Waals surface area contributed by atoms with Gasteiger partial charge in [0, 0.05) is 0 Å². The summed E-state index contributed by atoms with van der Waals surface area (Å²) in [5, 5.41) is 19.9. The van der Waals surface area contributed by atoms with Crippen molar-refractivity contribution in [3.05, 3.63) is 55.9 Å². The molecule has 0 saturated heterocycles. The van der Waals surface area contributed by atoms with Crippen molar-refractivity contribution in [2.24, 2.45) is 0 Å². The first-order chi connectivity index (χ1) is 10.6. The smallest absolute Gasteiger partial charge is 0.143 e. The van der Waals surface area contributed by atoms with Gasteiger partial charge in [0.15, 0.2) is 0 Å². The number of allylic oxidation sites excluding steroid dienone is 1. The summed E-state index contributed by atoms with van der Waals surface area (Å²) in [5.41, 5.74) is 2.18.